The molecule has 1 atom stereocenters. The van der Waals surface area contributed by atoms with Gasteiger partial charge in [-0.25, -0.2) is 4.79 Å². The highest BCUT2D eigenvalue weighted by Gasteiger charge is 2.31. The van der Waals surface area contributed by atoms with Crippen LogP contribution in [0.15, 0.2) is 11.1 Å². The van der Waals surface area contributed by atoms with Crippen molar-refractivity contribution in [1.29, 1.82) is 0 Å². The van der Waals surface area contributed by atoms with Crippen molar-refractivity contribution in [3.63, 3.8) is 0 Å². The summed E-state index contributed by atoms with van der Waals surface area (Å²) in [6.07, 6.45) is 0.356. The maximum Gasteiger partial charge on any atom is 0.408 e. The second-order valence-electron chi connectivity index (χ2n) is 7.44. The van der Waals surface area contributed by atoms with Crippen molar-refractivity contribution >= 4 is 12.0 Å². The Morgan fingerprint density at radius 3 is 2.23 bits per heavy atom. The molecule has 0 aromatic heterocycles. The molecule has 0 aromatic rings. The van der Waals surface area contributed by atoms with Crippen LogP contribution in [0.2, 0.25) is 0 Å². The van der Waals surface area contributed by atoms with Crippen LogP contribution in [0.1, 0.15) is 54.9 Å². The molecule has 1 aliphatic rings. The van der Waals surface area contributed by atoms with Gasteiger partial charge in [-0.3, -0.25) is 4.79 Å². The topological polar surface area (TPSA) is 58.6 Å². The highest BCUT2D eigenvalue weighted by Crippen LogP contribution is 2.19. The number of rotatable bonds is 3. The van der Waals surface area contributed by atoms with Gasteiger partial charge < -0.3 is 15.0 Å². The molecule has 1 N–H and O–H groups in total. The normalized spacial score (nSPS) is 17.5. The third-order valence-electron chi connectivity index (χ3n) is 3.83. The fourth-order valence-corrected chi connectivity index (χ4v) is 2.35. The third-order valence-corrected chi connectivity index (χ3v) is 3.83. The van der Waals surface area contributed by atoms with Gasteiger partial charge in [-0.1, -0.05) is 25.0 Å². The Hall–Kier alpha value is -1.52. The molecule has 0 radical (unpaired) electrons. The van der Waals surface area contributed by atoms with Crippen LogP contribution in [-0.2, 0) is 9.53 Å². The second-order valence-corrected chi connectivity index (χ2v) is 7.44. The lowest BCUT2D eigenvalue weighted by molar-refractivity contribution is -0.134. The standard InChI is InChI=1S/C17H30N2O3/c1-11(2)14(18-16(21)22-17(5,6)7)15(20)19-9-8-12(3)13(4)10-19/h11,14H,8-10H2,1-7H3,(H,18,21)/t14-/m0/s1. The summed E-state index contributed by atoms with van der Waals surface area (Å²) in [5.74, 6) is -0.0277. The zero-order valence-corrected chi connectivity index (χ0v) is 14.9. The number of amides is 2. The average molecular weight is 310 g/mol. The largest absolute Gasteiger partial charge is 0.444 e. The summed E-state index contributed by atoms with van der Waals surface area (Å²) in [5, 5.41) is 2.73. The fraction of sp³-hybridized carbons (Fsp3) is 0.765. The maximum absolute atomic E-state index is 12.7. The first-order valence-corrected chi connectivity index (χ1v) is 7.95. The fourth-order valence-electron chi connectivity index (χ4n) is 2.35. The zero-order valence-electron chi connectivity index (χ0n) is 14.9. The van der Waals surface area contributed by atoms with Crippen molar-refractivity contribution in [3.05, 3.63) is 11.1 Å². The molecule has 2 amide bonds. The van der Waals surface area contributed by atoms with Crippen LogP contribution in [-0.4, -0.2) is 41.6 Å². The Morgan fingerprint density at radius 1 is 1.18 bits per heavy atom. The molecule has 0 saturated heterocycles. The van der Waals surface area contributed by atoms with Crippen molar-refractivity contribution in [2.75, 3.05) is 13.1 Å². The van der Waals surface area contributed by atoms with Crippen molar-refractivity contribution in [3.8, 4) is 0 Å². The summed E-state index contributed by atoms with van der Waals surface area (Å²) >= 11 is 0. The number of hydrogen-bond donors (Lipinski definition) is 1. The minimum atomic E-state index is -0.573. The lowest BCUT2D eigenvalue weighted by atomic mass is 9.99. The van der Waals surface area contributed by atoms with E-state index >= 15 is 0 Å². The number of nitrogens with one attached hydrogen (secondary N) is 1. The van der Waals surface area contributed by atoms with Gasteiger partial charge in [-0.2, -0.15) is 0 Å². The third kappa shape index (κ3) is 5.35. The van der Waals surface area contributed by atoms with Gasteiger partial charge >= 0.3 is 6.09 Å². The summed E-state index contributed by atoms with van der Waals surface area (Å²) < 4.78 is 5.26. The first kappa shape index (κ1) is 18.5. The monoisotopic (exact) mass is 310 g/mol. The Balaban J connectivity index is 2.75. The van der Waals surface area contributed by atoms with Gasteiger partial charge in [0.25, 0.3) is 0 Å². The zero-order chi connectivity index (χ0) is 17.1. The molecule has 0 bridgehead atoms. The predicted molar refractivity (Wildman–Crippen MR) is 87.6 cm³/mol. The Labute approximate surface area is 134 Å². The number of carbonyl (C=O) groups excluding carboxylic acids is 2. The van der Waals surface area contributed by atoms with E-state index in [2.05, 4.69) is 19.2 Å². The highest BCUT2D eigenvalue weighted by atomic mass is 16.6. The molecule has 126 valence electrons. The van der Waals surface area contributed by atoms with Crippen molar-refractivity contribution < 1.29 is 14.3 Å². The van der Waals surface area contributed by atoms with Crippen molar-refractivity contribution in [2.45, 2.75) is 66.5 Å². The van der Waals surface area contributed by atoms with E-state index in [1.807, 2.05) is 18.7 Å². The highest BCUT2D eigenvalue weighted by molar-refractivity contribution is 5.86. The Kier molecular flexibility index (Phi) is 6.03. The van der Waals surface area contributed by atoms with Gasteiger partial charge in [0.15, 0.2) is 0 Å². The van der Waals surface area contributed by atoms with E-state index in [1.54, 1.807) is 20.8 Å². The number of carbonyl (C=O) groups is 2. The molecule has 0 saturated carbocycles. The Bertz CT molecular complexity index is 461. The molecule has 0 spiro atoms. The van der Waals surface area contributed by atoms with Crippen molar-refractivity contribution in [1.82, 2.24) is 10.2 Å². The van der Waals surface area contributed by atoms with Crippen LogP contribution in [0.3, 0.4) is 0 Å². The predicted octanol–water partition coefficient (Wildman–Crippen LogP) is 3.10. The maximum atomic E-state index is 12.7. The number of nitrogens with zero attached hydrogens (tertiary/aromatic N) is 1. The van der Waals surface area contributed by atoms with E-state index in [0.717, 1.165) is 6.42 Å². The molecule has 0 unspecified atom stereocenters. The molecule has 5 nitrogen and oxygen atoms in total. The Morgan fingerprint density at radius 2 is 1.77 bits per heavy atom. The molecule has 1 heterocycles. The van der Waals surface area contributed by atoms with Crippen LogP contribution < -0.4 is 5.32 Å². The molecule has 0 fully saturated rings. The molecule has 1 aliphatic heterocycles. The minimum absolute atomic E-state index is 0.00678. The van der Waals surface area contributed by atoms with Crippen LogP contribution in [0, 0.1) is 5.92 Å². The van der Waals surface area contributed by atoms with E-state index in [4.69, 9.17) is 4.74 Å². The summed E-state index contributed by atoms with van der Waals surface area (Å²) in [6.45, 7) is 14.8. The number of alkyl carbamates (subject to hydrolysis) is 1. The summed E-state index contributed by atoms with van der Waals surface area (Å²) in [7, 11) is 0. The molecule has 22 heavy (non-hydrogen) atoms. The van der Waals surface area contributed by atoms with Gasteiger partial charge in [0, 0.05) is 13.1 Å². The molecule has 0 aromatic carbocycles. The van der Waals surface area contributed by atoms with E-state index in [0.29, 0.717) is 13.1 Å². The molecule has 1 rings (SSSR count). The minimum Gasteiger partial charge on any atom is -0.444 e. The van der Waals surface area contributed by atoms with E-state index in [-0.39, 0.29) is 11.8 Å². The van der Waals surface area contributed by atoms with Crippen molar-refractivity contribution in [2.24, 2.45) is 5.92 Å². The van der Waals surface area contributed by atoms with E-state index < -0.39 is 17.7 Å². The van der Waals surface area contributed by atoms with E-state index in [1.165, 1.54) is 11.1 Å². The van der Waals surface area contributed by atoms with Crippen LogP contribution in [0.5, 0.6) is 0 Å². The smallest absolute Gasteiger partial charge is 0.408 e. The first-order valence-electron chi connectivity index (χ1n) is 7.95. The van der Waals surface area contributed by atoms with Gasteiger partial charge in [0.1, 0.15) is 11.6 Å². The SMILES string of the molecule is CC1=C(C)CN(C(=O)[C@@H](NC(=O)OC(C)(C)C)C(C)C)CC1. The molecule has 5 heteroatoms. The quantitative estimate of drug-likeness (QED) is 0.815. The average Bonchev–Trinajstić information content (AvgIpc) is 2.36. The molecule has 0 aliphatic carbocycles. The lowest BCUT2D eigenvalue weighted by Crippen LogP contribution is -2.53. The van der Waals surface area contributed by atoms with Crippen LogP contribution in [0.25, 0.3) is 0 Å². The lowest BCUT2D eigenvalue weighted by Gasteiger charge is -2.33. The number of hydrogen-bond acceptors (Lipinski definition) is 3. The number of ether oxygens (including phenoxy) is 1. The second kappa shape index (κ2) is 7.16. The van der Waals surface area contributed by atoms with Gasteiger partial charge in [-0.05, 0) is 47.0 Å². The van der Waals surface area contributed by atoms with Gasteiger partial charge in [0.05, 0.1) is 0 Å². The summed E-state index contributed by atoms with van der Waals surface area (Å²) in [6, 6.07) is -0.555. The summed E-state index contributed by atoms with van der Waals surface area (Å²) in [5.41, 5.74) is 2.01. The van der Waals surface area contributed by atoms with Gasteiger partial charge in [-0.15, -0.1) is 0 Å². The van der Waals surface area contributed by atoms with Gasteiger partial charge in [0.2, 0.25) is 5.91 Å². The van der Waals surface area contributed by atoms with Crippen LogP contribution >= 0.6 is 0 Å². The summed E-state index contributed by atoms with van der Waals surface area (Å²) in [4.78, 5) is 26.5. The van der Waals surface area contributed by atoms with Crippen LogP contribution in [0.4, 0.5) is 4.79 Å². The first-order chi connectivity index (χ1) is 10.0. The van der Waals surface area contributed by atoms with E-state index in [9.17, 15) is 9.59 Å². The molecular weight excluding hydrogens is 280 g/mol. The molecular formula is C17H30N2O3.